The lowest BCUT2D eigenvalue weighted by atomic mass is 9.95. The van der Waals surface area contributed by atoms with Crippen molar-refractivity contribution >= 4 is 10.9 Å². The van der Waals surface area contributed by atoms with Crippen LogP contribution in [0.2, 0.25) is 0 Å². The zero-order valence-corrected chi connectivity index (χ0v) is 8.03. The number of rotatable bonds is 0. The summed E-state index contributed by atoms with van der Waals surface area (Å²) in [5.41, 5.74) is 3.76. The summed E-state index contributed by atoms with van der Waals surface area (Å²) in [7, 11) is 0. The summed E-state index contributed by atoms with van der Waals surface area (Å²) < 4.78 is 0. The number of aryl methyl sites for hydroxylation is 2. The van der Waals surface area contributed by atoms with E-state index < -0.39 is 0 Å². The Balaban J connectivity index is 2.27. The maximum Gasteiger partial charge on any atom is 0.0888 e. The van der Waals surface area contributed by atoms with Crippen LogP contribution in [0.3, 0.4) is 0 Å². The molecule has 1 aliphatic carbocycles. The van der Waals surface area contributed by atoms with Gasteiger partial charge >= 0.3 is 0 Å². The maximum atomic E-state index is 4.65. The molecule has 0 unspecified atom stereocenters. The van der Waals surface area contributed by atoms with Crippen molar-refractivity contribution in [3.63, 3.8) is 0 Å². The zero-order chi connectivity index (χ0) is 9.38. The normalized spacial score (nSPS) is 15.4. The van der Waals surface area contributed by atoms with Crippen molar-refractivity contribution in [3.05, 3.63) is 35.8 Å². The van der Waals surface area contributed by atoms with Gasteiger partial charge in [0.15, 0.2) is 0 Å². The number of pyridine rings is 2. The first-order valence-electron chi connectivity index (χ1n) is 5.16. The summed E-state index contributed by atoms with van der Waals surface area (Å²) in [5, 5.41) is 1.22. The largest absolute Gasteiger partial charge is 0.262 e. The minimum absolute atomic E-state index is 1.04. The minimum atomic E-state index is 1.04. The first kappa shape index (κ1) is 7.92. The van der Waals surface area contributed by atoms with Crippen LogP contribution in [0.4, 0.5) is 0 Å². The third-order valence-electron chi connectivity index (χ3n) is 2.90. The third kappa shape index (κ3) is 1.18. The molecule has 1 aliphatic rings. The summed E-state index contributed by atoms with van der Waals surface area (Å²) in [5.74, 6) is 0. The lowest BCUT2D eigenvalue weighted by Gasteiger charge is -2.14. The molecule has 70 valence electrons. The van der Waals surface area contributed by atoms with E-state index in [1.54, 1.807) is 0 Å². The minimum Gasteiger partial charge on any atom is -0.262 e. The van der Waals surface area contributed by atoms with Gasteiger partial charge in [-0.25, -0.2) is 0 Å². The second-order valence-corrected chi connectivity index (χ2v) is 3.87. The van der Waals surface area contributed by atoms with Gasteiger partial charge in [0.05, 0.1) is 11.7 Å². The first-order chi connectivity index (χ1) is 6.93. The lowest BCUT2D eigenvalue weighted by Crippen LogP contribution is -2.05. The molecule has 0 aliphatic heterocycles. The number of nitrogens with zero attached hydrogens (tertiary/aromatic N) is 2. The highest BCUT2D eigenvalue weighted by Crippen LogP contribution is 2.22. The highest BCUT2D eigenvalue weighted by molar-refractivity contribution is 5.78. The van der Waals surface area contributed by atoms with Gasteiger partial charge in [0.1, 0.15) is 0 Å². The molecule has 0 aromatic carbocycles. The number of fused-ring (bicyclic) bond motifs is 2. The number of hydrogen-bond donors (Lipinski definition) is 0. The standard InChI is InChI=1S/C12H12N2/c1-2-4-11-9(3-1)7-10-5-6-13-8-12(10)14-11/h5-8H,1-4H2. The van der Waals surface area contributed by atoms with E-state index in [-0.39, 0.29) is 0 Å². The van der Waals surface area contributed by atoms with Crippen molar-refractivity contribution in [2.75, 3.05) is 0 Å². The molecule has 2 aromatic rings. The fourth-order valence-corrected chi connectivity index (χ4v) is 2.14. The summed E-state index contributed by atoms with van der Waals surface area (Å²) in [6, 6.07) is 4.32. The van der Waals surface area contributed by atoms with Crippen molar-refractivity contribution < 1.29 is 0 Å². The van der Waals surface area contributed by atoms with E-state index in [1.807, 2.05) is 18.5 Å². The smallest absolute Gasteiger partial charge is 0.0888 e. The SMILES string of the molecule is c1cc2cc3c(nc2cn1)CCCC3. The average Bonchev–Trinajstić information content (AvgIpc) is 2.26. The van der Waals surface area contributed by atoms with E-state index >= 15 is 0 Å². The second kappa shape index (κ2) is 3.05. The molecule has 0 saturated heterocycles. The Bertz CT molecular complexity index is 432. The monoisotopic (exact) mass is 184 g/mol. The fraction of sp³-hybridized carbons (Fsp3) is 0.333. The van der Waals surface area contributed by atoms with Crippen molar-refractivity contribution in [2.24, 2.45) is 0 Å². The van der Waals surface area contributed by atoms with Crippen LogP contribution >= 0.6 is 0 Å². The molecule has 2 nitrogen and oxygen atoms in total. The molecule has 0 bridgehead atoms. The van der Waals surface area contributed by atoms with Gasteiger partial charge < -0.3 is 0 Å². The van der Waals surface area contributed by atoms with Crippen LogP contribution in [0.1, 0.15) is 24.1 Å². The molecule has 0 amide bonds. The van der Waals surface area contributed by atoms with Crippen LogP contribution < -0.4 is 0 Å². The summed E-state index contributed by atoms with van der Waals surface area (Å²) in [4.78, 5) is 8.75. The Morgan fingerprint density at radius 2 is 2.07 bits per heavy atom. The van der Waals surface area contributed by atoms with Crippen LogP contribution in [0.15, 0.2) is 24.5 Å². The molecule has 0 saturated carbocycles. The molecule has 0 radical (unpaired) electrons. The molecule has 0 N–H and O–H groups in total. The predicted molar refractivity (Wildman–Crippen MR) is 56.2 cm³/mol. The first-order valence-corrected chi connectivity index (χ1v) is 5.16. The van der Waals surface area contributed by atoms with E-state index in [4.69, 9.17) is 0 Å². The van der Waals surface area contributed by atoms with E-state index in [9.17, 15) is 0 Å². The maximum absolute atomic E-state index is 4.65. The molecular formula is C12H12N2. The predicted octanol–water partition coefficient (Wildman–Crippen LogP) is 2.51. The average molecular weight is 184 g/mol. The van der Waals surface area contributed by atoms with Crippen LogP contribution in [-0.4, -0.2) is 9.97 Å². The second-order valence-electron chi connectivity index (χ2n) is 3.87. The van der Waals surface area contributed by atoms with Gasteiger partial charge in [-0.15, -0.1) is 0 Å². The molecule has 14 heavy (non-hydrogen) atoms. The van der Waals surface area contributed by atoms with Crippen molar-refractivity contribution in [1.29, 1.82) is 0 Å². The van der Waals surface area contributed by atoms with Gasteiger partial charge in [-0.2, -0.15) is 0 Å². The Hall–Kier alpha value is -1.44. The highest BCUT2D eigenvalue weighted by Gasteiger charge is 2.11. The van der Waals surface area contributed by atoms with E-state index in [1.165, 1.54) is 35.9 Å². The Labute approximate surface area is 83.0 Å². The van der Waals surface area contributed by atoms with Crippen molar-refractivity contribution in [2.45, 2.75) is 25.7 Å². The molecule has 0 fully saturated rings. The van der Waals surface area contributed by atoms with Crippen molar-refractivity contribution in [1.82, 2.24) is 9.97 Å². The summed E-state index contributed by atoms with van der Waals surface area (Å²) >= 11 is 0. The number of hydrogen-bond acceptors (Lipinski definition) is 2. The zero-order valence-electron chi connectivity index (χ0n) is 8.03. The molecule has 2 aromatic heterocycles. The Kier molecular flexibility index (Phi) is 1.72. The van der Waals surface area contributed by atoms with Gasteiger partial charge in [0, 0.05) is 17.3 Å². The lowest BCUT2D eigenvalue weighted by molar-refractivity contribution is 0.671. The van der Waals surface area contributed by atoms with Gasteiger partial charge in [0.2, 0.25) is 0 Å². The van der Waals surface area contributed by atoms with Gasteiger partial charge in [-0.05, 0) is 43.4 Å². The summed E-state index contributed by atoms with van der Waals surface area (Å²) in [6.07, 6.45) is 8.61. The van der Waals surface area contributed by atoms with Gasteiger partial charge in [-0.3, -0.25) is 9.97 Å². The van der Waals surface area contributed by atoms with Crippen LogP contribution in [0, 0.1) is 0 Å². The Morgan fingerprint density at radius 1 is 1.14 bits per heavy atom. The van der Waals surface area contributed by atoms with E-state index in [2.05, 4.69) is 16.0 Å². The molecule has 0 atom stereocenters. The quantitative estimate of drug-likeness (QED) is 0.628. The van der Waals surface area contributed by atoms with Crippen LogP contribution in [0.25, 0.3) is 10.9 Å². The van der Waals surface area contributed by atoms with Gasteiger partial charge in [0.25, 0.3) is 0 Å². The van der Waals surface area contributed by atoms with E-state index in [0.717, 1.165) is 11.9 Å². The molecular weight excluding hydrogens is 172 g/mol. The van der Waals surface area contributed by atoms with Crippen molar-refractivity contribution in [3.8, 4) is 0 Å². The van der Waals surface area contributed by atoms with Crippen LogP contribution in [0.5, 0.6) is 0 Å². The summed E-state index contributed by atoms with van der Waals surface area (Å²) in [6.45, 7) is 0. The molecule has 3 rings (SSSR count). The van der Waals surface area contributed by atoms with Crippen LogP contribution in [-0.2, 0) is 12.8 Å². The Morgan fingerprint density at radius 3 is 3.07 bits per heavy atom. The molecule has 2 heteroatoms. The van der Waals surface area contributed by atoms with E-state index in [0.29, 0.717) is 0 Å². The topological polar surface area (TPSA) is 25.8 Å². The third-order valence-corrected chi connectivity index (χ3v) is 2.90. The fourth-order valence-electron chi connectivity index (χ4n) is 2.14. The molecule has 0 spiro atoms. The molecule has 2 heterocycles. The number of aromatic nitrogens is 2. The van der Waals surface area contributed by atoms with Gasteiger partial charge in [-0.1, -0.05) is 0 Å². The highest BCUT2D eigenvalue weighted by atomic mass is 14.7.